The number of nitrogens with one attached hydrogen (secondary N) is 1. The van der Waals surface area contributed by atoms with Crippen LogP contribution in [0.4, 0.5) is 25.1 Å². The highest BCUT2D eigenvalue weighted by atomic mass is 19.1. The number of pyridine rings is 1. The second-order valence-corrected chi connectivity index (χ2v) is 12.9. The lowest BCUT2D eigenvalue weighted by atomic mass is 9.92. The molecule has 0 atom stereocenters. The quantitative estimate of drug-likeness (QED) is 0.241. The van der Waals surface area contributed by atoms with Crippen LogP contribution in [0, 0.1) is 11.6 Å². The van der Waals surface area contributed by atoms with Gasteiger partial charge in [-0.2, -0.15) is 5.10 Å². The minimum absolute atomic E-state index is 0.0175. The summed E-state index contributed by atoms with van der Waals surface area (Å²) in [4.78, 5) is 60.5. The molecule has 12 nitrogen and oxygen atoms in total. The second kappa shape index (κ2) is 13.4. The fraction of sp³-hybridized carbons (Fsp3) is 0.297. The van der Waals surface area contributed by atoms with Gasteiger partial charge in [0.2, 0.25) is 0 Å². The summed E-state index contributed by atoms with van der Waals surface area (Å²) in [6, 6.07) is 12.5. The molecule has 0 bridgehead atoms. The predicted octanol–water partition coefficient (Wildman–Crippen LogP) is 5.43. The number of aromatic nitrogens is 4. The first kappa shape index (κ1) is 33.6. The standard InChI is InChI=1S/C37H36F2N8O4/c1-3-44(2)37(51)45-15-13-21(14-16-45)31-19-26(33-34(40)41-20-42-47(31)33)25-12-9-23(17-29(25)39)43-35(49)28-18-27-30(5-4-6-32(27)48)46(36(28)50)24-10-7-22(38)8-11-24/h7-12,17-21H,3-6,13-16H2,1-2H3,(H,43,49)(H2,40,41,42). The number of urea groups is 1. The summed E-state index contributed by atoms with van der Waals surface area (Å²) in [5.74, 6) is -2.00. The van der Waals surface area contributed by atoms with Crippen LogP contribution in [-0.2, 0) is 6.42 Å². The maximum absolute atomic E-state index is 16.0. The minimum Gasteiger partial charge on any atom is -0.382 e. The van der Waals surface area contributed by atoms with Crippen molar-refractivity contribution in [3.63, 3.8) is 0 Å². The molecule has 3 aromatic heterocycles. The van der Waals surface area contributed by atoms with Crippen molar-refractivity contribution in [1.82, 2.24) is 29.0 Å². The van der Waals surface area contributed by atoms with E-state index in [0.717, 1.165) is 11.8 Å². The Morgan fingerprint density at radius 3 is 2.43 bits per heavy atom. The first-order chi connectivity index (χ1) is 24.5. The van der Waals surface area contributed by atoms with Crippen molar-refractivity contribution < 1.29 is 23.2 Å². The Balaban J connectivity index is 1.19. The second-order valence-electron chi connectivity index (χ2n) is 12.9. The number of hydrogen-bond acceptors (Lipinski definition) is 7. The van der Waals surface area contributed by atoms with Gasteiger partial charge in [-0.15, -0.1) is 0 Å². The number of amides is 3. The number of likely N-dealkylation sites (tertiary alicyclic amines) is 1. The third-order valence-electron chi connectivity index (χ3n) is 9.86. The van der Waals surface area contributed by atoms with Crippen molar-refractivity contribution in [1.29, 1.82) is 0 Å². The number of carbonyl (C=O) groups is 3. The number of ketones is 1. The molecule has 7 rings (SSSR count). The maximum atomic E-state index is 16.0. The van der Waals surface area contributed by atoms with Crippen LogP contribution in [0.1, 0.15) is 70.6 Å². The summed E-state index contributed by atoms with van der Waals surface area (Å²) < 4.78 is 32.7. The van der Waals surface area contributed by atoms with E-state index >= 15 is 4.39 Å². The van der Waals surface area contributed by atoms with E-state index in [0.29, 0.717) is 67.8 Å². The fourth-order valence-corrected chi connectivity index (χ4v) is 7.06. The molecule has 0 saturated carbocycles. The molecule has 3 amide bonds. The Morgan fingerprint density at radius 1 is 0.980 bits per heavy atom. The lowest BCUT2D eigenvalue weighted by Crippen LogP contribution is -2.44. The van der Waals surface area contributed by atoms with E-state index in [1.54, 1.807) is 16.5 Å². The number of rotatable bonds is 6. The van der Waals surface area contributed by atoms with Gasteiger partial charge in [0, 0.05) is 78.5 Å². The third-order valence-corrected chi connectivity index (χ3v) is 9.86. The van der Waals surface area contributed by atoms with Crippen LogP contribution in [0.3, 0.4) is 0 Å². The normalized spacial score (nSPS) is 14.8. The average Bonchev–Trinajstić information content (AvgIpc) is 3.52. The molecule has 0 spiro atoms. The van der Waals surface area contributed by atoms with E-state index in [-0.39, 0.29) is 52.3 Å². The molecule has 3 N–H and O–H groups in total. The van der Waals surface area contributed by atoms with E-state index in [1.807, 2.05) is 17.9 Å². The molecule has 2 aromatic carbocycles. The molecular weight excluding hydrogens is 658 g/mol. The van der Waals surface area contributed by atoms with Crippen LogP contribution in [0.15, 0.2) is 65.7 Å². The van der Waals surface area contributed by atoms with E-state index in [4.69, 9.17) is 5.73 Å². The molecule has 4 heterocycles. The van der Waals surface area contributed by atoms with E-state index in [2.05, 4.69) is 15.4 Å². The molecule has 1 aliphatic heterocycles. The zero-order valence-corrected chi connectivity index (χ0v) is 28.2. The Morgan fingerprint density at radius 2 is 1.73 bits per heavy atom. The predicted molar refractivity (Wildman–Crippen MR) is 187 cm³/mol. The monoisotopic (exact) mass is 694 g/mol. The van der Waals surface area contributed by atoms with Crippen LogP contribution >= 0.6 is 0 Å². The minimum atomic E-state index is -0.826. The highest BCUT2D eigenvalue weighted by Gasteiger charge is 2.30. The van der Waals surface area contributed by atoms with Gasteiger partial charge in [0.1, 0.15) is 29.0 Å². The van der Waals surface area contributed by atoms with E-state index in [1.165, 1.54) is 53.4 Å². The summed E-state index contributed by atoms with van der Waals surface area (Å²) in [5.41, 5.74) is 8.37. The van der Waals surface area contributed by atoms with Gasteiger partial charge in [0.25, 0.3) is 11.5 Å². The van der Waals surface area contributed by atoms with E-state index in [9.17, 15) is 23.6 Å². The summed E-state index contributed by atoms with van der Waals surface area (Å²) in [6.45, 7) is 3.66. The molecule has 14 heteroatoms. The molecule has 51 heavy (non-hydrogen) atoms. The van der Waals surface area contributed by atoms with E-state index < -0.39 is 23.1 Å². The lowest BCUT2D eigenvalue weighted by molar-refractivity contribution is 0.0970. The number of nitrogen functional groups attached to an aromatic ring is 1. The Kier molecular flexibility index (Phi) is 8.83. The number of fused-ring (bicyclic) bond motifs is 2. The van der Waals surface area contributed by atoms with Crippen molar-refractivity contribution in [2.45, 2.75) is 44.9 Å². The Bertz CT molecular complexity index is 2260. The Labute approximate surface area is 291 Å². The van der Waals surface area contributed by atoms with Gasteiger partial charge in [0.05, 0.1) is 0 Å². The highest BCUT2D eigenvalue weighted by Crippen LogP contribution is 2.38. The van der Waals surface area contributed by atoms with Crippen LogP contribution < -0.4 is 16.6 Å². The van der Waals surface area contributed by atoms with Crippen LogP contribution in [0.25, 0.3) is 22.3 Å². The molecule has 1 aliphatic carbocycles. The van der Waals surface area contributed by atoms with Gasteiger partial charge < -0.3 is 20.9 Å². The van der Waals surface area contributed by atoms with Crippen molar-refractivity contribution in [3.8, 4) is 16.8 Å². The fourth-order valence-electron chi connectivity index (χ4n) is 7.06. The maximum Gasteiger partial charge on any atom is 0.319 e. The number of halogens is 2. The average molecular weight is 695 g/mol. The summed E-state index contributed by atoms with van der Waals surface area (Å²) in [6.07, 6.45) is 3.95. The van der Waals surface area contributed by atoms with Crippen molar-refractivity contribution in [2.75, 3.05) is 37.7 Å². The number of nitrogens with zero attached hydrogens (tertiary/aromatic N) is 6. The number of piperidine rings is 1. The largest absolute Gasteiger partial charge is 0.382 e. The van der Waals surface area contributed by atoms with Crippen LogP contribution in [-0.4, -0.2) is 73.4 Å². The number of Topliss-reactive ketones (excluding diaryl/α,β-unsaturated/α-hetero) is 1. The molecule has 1 saturated heterocycles. The molecule has 1 fully saturated rings. The molecule has 0 radical (unpaired) electrons. The van der Waals surface area contributed by atoms with Gasteiger partial charge >= 0.3 is 6.03 Å². The molecule has 5 aromatic rings. The topological polar surface area (TPSA) is 148 Å². The molecule has 2 aliphatic rings. The number of carbonyl (C=O) groups excluding carboxylic acids is 3. The molecule has 0 unspecified atom stereocenters. The van der Waals surface area contributed by atoms with Crippen molar-refractivity contribution in [3.05, 3.63) is 105 Å². The van der Waals surface area contributed by atoms with Crippen LogP contribution in [0.2, 0.25) is 0 Å². The van der Waals surface area contributed by atoms with Crippen molar-refractivity contribution in [2.24, 2.45) is 0 Å². The summed E-state index contributed by atoms with van der Waals surface area (Å²) in [7, 11) is 1.77. The first-order valence-electron chi connectivity index (χ1n) is 16.9. The third kappa shape index (κ3) is 6.10. The zero-order chi connectivity index (χ0) is 36.0. The number of hydrogen-bond donors (Lipinski definition) is 2. The van der Waals surface area contributed by atoms with Crippen LogP contribution in [0.5, 0.6) is 0 Å². The molecule has 262 valence electrons. The number of nitrogens with two attached hydrogens (primary N) is 1. The van der Waals surface area contributed by atoms with Gasteiger partial charge in [-0.1, -0.05) is 0 Å². The zero-order valence-electron chi connectivity index (χ0n) is 28.2. The Hall–Kier alpha value is -5.92. The molecular formula is C37H36F2N8O4. The van der Waals surface area contributed by atoms with Gasteiger partial charge in [-0.3, -0.25) is 19.0 Å². The highest BCUT2D eigenvalue weighted by molar-refractivity contribution is 6.07. The number of anilines is 2. The smallest absolute Gasteiger partial charge is 0.319 e. The van der Waals surface area contributed by atoms with Crippen molar-refractivity contribution >= 4 is 34.7 Å². The lowest BCUT2D eigenvalue weighted by Gasteiger charge is -2.34. The van der Waals surface area contributed by atoms with Gasteiger partial charge in [-0.25, -0.2) is 23.1 Å². The SMILES string of the molecule is CCN(C)C(=O)N1CCC(c2cc(-c3ccc(NC(=O)c4cc5c(n(-c6ccc(F)cc6)c4=O)CCCC5=O)cc3F)c3c(N)ncnn23)CC1. The summed E-state index contributed by atoms with van der Waals surface area (Å²) >= 11 is 0. The number of benzene rings is 2. The summed E-state index contributed by atoms with van der Waals surface area (Å²) in [5, 5.41) is 7.04. The first-order valence-corrected chi connectivity index (χ1v) is 16.9. The van der Waals surface area contributed by atoms with Gasteiger partial charge in [0.15, 0.2) is 11.6 Å². The van der Waals surface area contributed by atoms with Gasteiger partial charge in [-0.05, 0) is 87.2 Å².